The highest BCUT2D eigenvalue weighted by molar-refractivity contribution is 14.0. The van der Waals surface area contributed by atoms with Crippen molar-refractivity contribution in [2.24, 2.45) is 4.99 Å². The smallest absolute Gasteiger partial charge is 0.191 e. The van der Waals surface area contributed by atoms with Crippen molar-refractivity contribution in [3.8, 4) is 11.5 Å². The van der Waals surface area contributed by atoms with Crippen LogP contribution in [0.4, 0.5) is 5.69 Å². The standard InChI is InChI=1S/C23H32N4O2.HI/c1-4-24-23(25-15-18-7-5-9-21(29-3)22(18)28)26-19-8-6-14-27(16-19)20-12-10-17(2)11-13-20;/h5,7,9-13,19,28H,4,6,8,14-16H2,1-3H3,(H2,24,25,26);1H. The van der Waals surface area contributed by atoms with Crippen molar-refractivity contribution in [3.63, 3.8) is 0 Å². The lowest BCUT2D eigenvalue weighted by molar-refractivity contribution is 0.370. The first-order chi connectivity index (χ1) is 14.1. The van der Waals surface area contributed by atoms with Crippen LogP contribution in [0.15, 0.2) is 47.5 Å². The van der Waals surface area contributed by atoms with Crippen molar-refractivity contribution in [1.29, 1.82) is 0 Å². The van der Waals surface area contributed by atoms with Crippen LogP contribution in [-0.4, -0.2) is 43.9 Å². The number of piperidine rings is 1. The van der Waals surface area contributed by atoms with Gasteiger partial charge in [0.15, 0.2) is 17.5 Å². The molecule has 1 unspecified atom stereocenters. The number of halogens is 1. The van der Waals surface area contributed by atoms with Gasteiger partial charge < -0.3 is 25.4 Å². The molecular formula is C23H33IN4O2. The first-order valence-corrected chi connectivity index (χ1v) is 10.3. The Morgan fingerprint density at radius 3 is 2.70 bits per heavy atom. The first kappa shape index (κ1) is 24.1. The predicted octanol–water partition coefficient (Wildman–Crippen LogP) is 4.05. The number of ether oxygens (including phenoxy) is 1. The number of anilines is 1. The number of rotatable bonds is 6. The number of phenolic OH excluding ortho intramolecular Hbond substituents is 1. The normalized spacial score (nSPS) is 16.6. The Balaban J connectivity index is 0.00000320. The van der Waals surface area contributed by atoms with Gasteiger partial charge in [-0.3, -0.25) is 0 Å². The van der Waals surface area contributed by atoms with E-state index in [9.17, 15) is 5.11 Å². The Labute approximate surface area is 196 Å². The van der Waals surface area contributed by atoms with Crippen molar-refractivity contribution in [3.05, 3.63) is 53.6 Å². The van der Waals surface area contributed by atoms with Crippen LogP contribution < -0.4 is 20.3 Å². The minimum atomic E-state index is 0. The molecule has 164 valence electrons. The molecule has 0 bridgehead atoms. The summed E-state index contributed by atoms with van der Waals surface area (Å²) in [6, 6.07) is 14.5. The Kier molecular flexibility index (Phi) is 9.55. The van der Waals surface area contributed by atoms with Crippen LogP contribution in [0.5, 0.6) is 11.5 Å². The van der Waals surface area contributed by atoms with Crippen LogP contribution in [0, 0.1) is 6.92 Å². The summed E-state index contributed by atoms with van der Waals surface area (Å²) < 4.78 is 5.19. The van der Waals surface area contributed by atoms with Gasteiger partial charge in [-0.25, -0.2) is 4.99 Å². The molecule has 0 aliphatic carbocycles. The van der Waals surface area contributed by atoms with Gasteiger partial charge in [0.25, 0.3) is 0 Å². The lowest BCUT2D eigenvalue weighted by atomic mass is 10.0. The van der Waals surface area contributed by atoms with Crippen LogP contribution >= 0.6 is 24.0 Å². The second-order valence-corrected chi connectivity index (χ2v) is 7.43. The van der Waals surface area contributed by atoms with Crippen LogP contribution in [0.25, 0.3) is 0 Å². The maximum Gasteiger partial charge on any atom is 0.191 e. The van der Waals surface area contributed by atoms with E-state index >= 15 is 0 Å². The maximum absolute atomic E-state index is 10.3. The third-order valence-corrected chi connectivity index (χ3v) is 5.22. The highest BCUT2D eigenvalue weighted by Gasteiger charge is 2.21. The van der Waals surface area contributed by atoms with E-state index in [1.54, 1.807) is 13.2 Å². The fourth-order valence-electron chi connectivity index (χ4n) is 3.62. The quantitative estimate of drug-likeness (QED) is 0.302. The summed E-state index contributed by atoms with van der Waals surface area (Å²) in [4.78, 5) is 7.11. The van der Waals surface area contributed by atoms with Crippen LogP contribution in [-0.2, 0) is 6.54 Å². The number of benzene rings is 2. The molecule has 30 heavy (non-hydrogen) atoms. The van der Waals surface area contributed by atoms with E-state index in [1.165, 1.54) is 11.3 Å². The highest BCUT2D eigenvalue weighted by Crippen LogP contribution is 2.29. The molecule has 3 rings (SSSR count). The molecule has 7 heteroatoms. The summed E-state index contributed by atoms with van der Waals surface area (Å²) in [6.07, 6.45) is 2.25. The van der Waals surface area contributed by atoms with E-state index in [0.29, 0.717) is 18.3 Å². The third kappa shape index (κ3) is 6.42. The molecule has 1 atom stereocenters. The van der Waals surface area contributed by atoms with Crippen molar-refractivity contribution in [1.82, 2.24) is 10.6 Å². The summed E-state index contributed by atoms with van der Waals surface area (Å²) in [5.74, 6) is 1.39. The Morgan fingerprint density at radius 1 is 1.23 bits per heavy atom. The lowest BCUT2D eigenvalue weighted by Crippen LogP contribution is -2.51. The number of nitrogens with zero attached hydrogens (tertiary/aromatic N) is 2. The molecule has 0 spiro atoms. The van der Waals surface area contributed by atoms with Gasteiger partial charge >= 0.3 is 0 Å². The van der Waals surface area contributed by atoms with Gasteiger partial charge in [0.05, 0.1) is 13.7 Å². The zero-order valence-electron chi connectivity index (χ0n) is 18.0. The molecule has 6 nitrogen and oxygen atoms in total. The summed E-state index contributed by atoms with van der Waals surface area (Å²) in [5.41, 5.74) is 3.29. The van der Waals surface area contributed by atoms with E-state index in [4.69, 9.17) is 4.74 Å². The number of para-hydroxylation sites is 1. The Hall–Kier alpha value is -2.16. The third-order valence-electron chi connectivity index (χ3n) is 5.22. The zero-order chi connectivity index (χ0) is 20.6. The van der Waals surface area contributed by atoms with Crippen LogP contribution in [0.2, 0.25) is 0 Å². The van der Waals surface area contributed by atoms with Crippen LogP contribution in [0.1, 0.15) is 30.9 Å². The average Bonchev–Trinajstić information content (AvgIpc) is 2.74. The molecule has 0 aromatic heterocycles. The van der Waals surface area contributed by atoms with Crippen molar-refractivity contribution >= 4 is 35.6 Å². The monoisotopic (exact) mass is 524 g/mol. The summed E-state index contributed by atoms with van der Waals surface area (Å²) >= 11 is 0. The summed E-state index contributed by atoms with van der Waals surface area (Å²) in [5, 5.41) is 17.2. The number of guanidine groups is 1. The summed E-state index contributed by atoms with van der Waals surface area (Å²) in [7, 11) is 1.55. The number of aryl methyl sites for hydroxylation is 1. The van der Waals surface area contributed by atoms with Crippen molar-refractivity contribution in [2.45, 2.75) is 39.3 Å². The van der Waals surface area contributed by atoms with E-state index in [0.717, 1.165) is 44.0 Å². The van der Waals surface area contributed by atoms with Gasteiger partial charge in [0.2, 0.25) is 0 Å². The second-order valence-electron chi connectivity index (χ2n) is 7.43. The number of methoxy groups -OCH3 is 1. The molecule has 1 saturated heterocycles. The molecule has 0 saturated carbocycles. The molecule has 0 amide bonds. The maximum atomic E-state index is 10.3. The predicted molar refractivity (Wildman–Crippen MR) is 134 cm³/mol. The molecule has 2 aromatic rings. The number of hydrogen-bond acceptors (Lipinski definition) is 4. The number of phenols is 1. The average molecular weight is 524 g/mol. The fourth-order valence-corrected chi connectivity index (χ4v) is 3.62. The van der Waals surface area contributed by atoms with Gasteiger partial charge in [0, 0.05) is 36.9 Å². The fraction of sp³-hybridized carbons (Fsp3) is 0.435. The van der Waals surface area contributed by atoms with E-state index in [-0.39, 0.29) is 29.7 Å². The Morgan fingerprint density at radius 2 is 2.00 bits per heavy atom. The van der Waals surface area contributed by atoms with Crippen molar-refractivity contribution < 1.29 is 9.84 Å². The molecule has 0 radical (unpaired) electrons. The summed E-state index contributed by atoms with van der Waals surface area (Å²) in [6.45, 7) is 7.35. The largest absolute Gasteiger partial charge is 0.504 e. The van der Waals surface area contributed by atoms with Gasteiger partial charge in [0.1, 0.15) is 0 Å². The van der Waals surface area contributed by atoms with E-state index in [1.807, 2.05) is 12.1 Å². The van der Waals surface area contributed by atoms with Crippen LogP contribution in [0.3, 0.4) is 0 Å². The molecule has 2 aromatic carbocycles. The van der Waals surface area contributed by atoms with Gasteiger partial charge in [-0.05, 0) is 44.9 Å². The minimum absolute atomic E-state index is 0. The lowest BCUT2D eigenvalue weighted by Gasteiger charge is -2.35. The topological polar surface area (TPSA) is 69.1 Å². The Bertz CT molecular complexity index is 826. The highest BCUT2D eigenvalue weighted by atomic mass is 127. The molecule has 1 aliphatic rings. The number of aromatic hydroxyl groups is 1. The molecule has 3 N–H and O–H groups in total. The van der Waals surface area contributed by atoms with Gasteiger partial charge in [-0.1, -0.05) is 29.8 Å². The molecule has 1 heterocycles. The SMILES string of the molecule is CCNC(=NCc1cccc(OC)c1O)NC1CCCN(c2ccc(C)cc2)C1.I. The zero-order valence-corrected chi connectivity index (χ0v) is 20.3. The first-order valence-electron chi connectivity index (χ1n) is 10.3. The molecule has 1 fully saturated rings. The number of aliphatic imine (C=N–C) groups is 1. The van der Waals surface area contributed by atoms with Gasteiger partial charge in [-0.15, -0.1) is 24.0 Å². The van der Waals surface area contributed by atoms with E-state index in [2.05, 4.69) is 58.6 Å². The minimum Gasteiger partial charge on any atom is -0.504 e. The number of hydrogen-bond donors (Lipinski definition) is 3. The van der Waals surface area contributed by atoms with Gasteiger partial charge in [-0.2, -0.15) is 0 Å². The molecular weight excluding hydrogens is 491 g/mol. The van der Waals surface area contributed by atoms with E-state index < -0.39 is 0 Å². The number of nitrogens with one attached hydrogen (secondary N) is 2. The molecule has 1 aliphatic heterocycles. The van der Waals surface area contributed by atoms with Crippen molar-refractivity contribution in [2.75, 3.05) is 31.6 Å². The second kappa shape index (κ2) is 11.9.